The van der Waals surface area contributed by atoms with E-state index in [9.17, 15) is 9.59 Å². The number of imide groups is 1. The van der Waals surface area contributed by atoms with Gasteiger partial charge in [-0.1, -0.05) is 32.0 Å². The lowest BCUT2D eigenvalue weighted by Crippen LogP contribution is -2.30. The van der Waals surface area contributed by atoms with E-state index >= 15 is 0 Å². The fourth-order valence-corrected chi connectivity index (χ4v) is 3.22. The molecule has 3 N–H and O–H groups in total. The van der Waals surface area contributed by atoms with Crippen molar-refractivity contribution < 1.29 is 19.4 Å². The van der Waals surface area contributed by atoms with Crippen molar-refractivity contribution in [3.05, 3.63) is 59.4 Å². The summed E-state index contributed by atoms with van der Waals surface area (Å²) in [6, 6.07) is 11.5. The van der Waals surface area contributed by atoms with E-state index in [1.807, 2.05) is 39.0 Å². The third kappa shape index (κ3) is 4.44. The van der Waals surface area contributed by atoms with Crippen LogP contribution in [0, 0.1) is 6.92 Å². The smallest absolute Gasteiger partial charge is 0.325 e. The van der Waals surface area contributed by atoms with E-state index in [-0.39, 0.29) is 25.7 Å². The van der Waals surface area contributed by atoms with Gasteiger partial charge in [0, 0.05) is 0 Å². The number of hydrogen-bond acceptors (Lipinski definition) is 5. The van der Waals surface area contributed by atoms with Gasteiger partial charge in [0.1, 0.15) is 24.2 Å². The number of urea groups is 1. The van der Waals surface area contributed by atoms with Crippen LogP contribution in [0.3, 0.4) is 0 Å². The second-order valence-electron chi connectivity index (χ2n) is 6.65. The lowest BCUT2D eigenvalue weighted by Gasteiger charge is -2.12. The summed E-state index contributed by atoms with van der Waals surface area (Å²) in [6.45, 7) is 6.19. The van der Waals surface area contributed by atoms with Crippen LogP contribution < -0.4 is 10.1 Å². The predicted octanol–water partition coefficient (Wildman–Crippen LogP) is 3.06. The van der Waals surface area contributed by atoms with Gasteiger partial charge in [-0.15, -0.1) is 0 Å². The molecule has 1 atom stereocenters. The van der Waals surface area contributed by atoms with Crippen LogP contribution in [0.5, 0.6) is 5.75 Å². The molecule has 0 aliphatic carbocycles. The molecule has 2 heterocycles. The first-order valence-corrected chi connectivity index (χ1v) is 9.96. The molecular formula is C22H26N4O4. The largest absolute Gasteiger partial charge is 0.491 e. The van der Waals surface area contributed by atoms with Crippen molar-refractivity contribution in [2.45, 2.75) is 33.4 Å². The van der Waals surface area contributed by atoms with E-state index in [2.05, 4.69) is 15.3 Å². The number of hydrogen-bond donors (Lipinski definition) is 3. The van der Waals surface area contributed by atoms with Crippen LogP contribution in [0.1, 0.15) is 36.8 Å². The molecule has 1 aliphatic rings. The lowest BCUT2D eigenvalue weighted by atomic mass is 10.1. The molecule has 2 aromatic carbocycles. The fraction of sp³-hybridized carbons (Fsp3) is 0.318. The number of nitrogens with one attached hydrogen (secondary N) is 2. The van der Waals surface area contributed by atoms with Crippen LogP contribution in [0.2, 0.25) is 0 Å². The molecular weight excluding hydrogens is 384 g/mol. The third-order valence-corrected chi connectivity index (χ3v) is 4.59. The van der Waals surface area contributed by atoms with Crippen molar-refractivity contribution in [3.8, 4) is 5.75 Å². The van der Waals surface area contributed by atoms with Gasteiger partial charge in [-0.3, -0.25) is 9.69 Å². The molecule has 30 heavy (non-hydrogen) atoms. The minimum Gasteiger partial charge on any atom is -0.491 e. The molecule has 1 aromatic heterocycles. The Morgan fingerprint density at radius 2 is 1.87 bits per heavy atom. The predicted molar refractivity (Wildman–Crippen MR) is 113 cm³/mol. The Labute approximate surface area is 174 Å². The van der Waals surface area contributed by atoms with Gasteiger partial charge in [-0.05, 0) is 42.3 Å². The van der Waals surface area contributed by atoms with E-state index in [4.69, 9.17) is 9.84 Å². The molecule has 3 aromatic rings. The summed E-state index contributed by atoms with van der Waals surface area (Å²) in [6.07, 6.45) is 0. The number of amides is 3. The molecule has 0 unspecified atom stereocenters. The normalized spacial score (nSPS) is 15.7. The number of H-pyrrole nitrogens is 1. The molecule has 0 bridgehead atoms. The SMILES string of the molecule is CC.Cc1ccc2nc(CN3C(=O)N[C@H](c4ccc(OCCO)cc4)C3=O)[nH]c2c1. The number of fused-ring (bicyclic) bond motifs is 1. The van der Waals surface area contributed by atoms with Crippen LogP contribution in [-0.4, -0.2) is 45.1 Å². The summed E-state index contributed by atoms with van der Waals surface area (Å²) in [7, 11) is 0. The summed E-state index contributed by atoms with van der Waals surface area (Å²) >= 11 is 0. The first-order valence-electron chi connectivity index (χ1n) is 9.96. The molecule has 0 radical (unpaired) electrons. The highest BCUT2D eigenvalue weighted by Gasteiger charge is 2.39. The first-order chi connectivity index (χ1) is 14.5. The number of benzene rings is 2. The lowest BCUT2D eigenvalue weighted by molar-refractivity contribution is -0.128. The summed E-state index contributed by atoms with van der Waals surface area (Å²) in [5.74, 6) is 0.812. The number of aliphatic hydroxyl groups is 1. The Morgan fingerprint density at radius 1 is 1.13 bits per heavy atom. The highest BCUT2D eigenvalue weighted by Crippen LogP contribution is 2.25. The molecule has 4 rings (SSSR count). The van der Waals surface area contributed by atoms with Gasteiger partial charge in [0.25, 0.3) is 5.91 Å². The van der Waals surface area contributed by atoms with E-state index in [1.165, 1.54) is 0 Å². The van der Waals surface area contributed by atoms with Gasteiger partial charge in [0.15, 0.2) is 0 Å². The number of ether oxygens (including phenoxy) is 1. The maximum absolute atomic E-state index is 12.8. The monoisotopic (exact) mass is 410 g/mol. The molecule has 3 amide bonds. The van der Waals surface area contributed by atoms with Crippen molar-refractivity contribution in [1.82, 2.24) is 20.2 Å². The van der Waals surface area contributed by atoms with E-state index in [1.54, 1.807) is 24.3 Å². The van der Waals surface area contributed by atoms with Gasteiger partial charge < -0.3 is 20.1 Å². The maximum atomic E-state index is 12.8. The van der Waals surface area contributed by atoms with Crippen LogP contribution in [0.25, 0.3) is 11.0 Å². The van der Waals surface area contributed by atoms with Crippen molar-refractivity contribution in [1.29, 1.82) is 0 Å². The minimum absolute atomic E-state index is 0.0742. The zero-order valence-corrected chi connectivity index (χ0v) is 17.3. The van der Waals surface area contributed by atoms with Crippen LogP contribution >= 0.6 is 0 Å². The minimum atomic E-state index is -0.744. The number of nitrogens with zero attached hydrogens (tertiary/aromatic N) is 2. The van der Waals surface area contributed by atoms with Gasteiger partial charge in [-0.2, -0.15) is 0 Å². The second-order valence-corrected chi connectivity index (χ2v) is 6.65. The maximum Gasteiger partial charge on any atom is 0.325 e. The van der Waals surface area contributed by atoms with E-state index < -0.39 is 12.1 Å². The average molecular weight is 410 g/mol. The number of aromatic amines is 1. The van der Waals surface area contributed by atoms with E-state index in [0.717, 1.165) is 21.5 Å². The number of carbonyl (C=O) groups excluding carboxylic acids is 2. The summed E-state index contributed by atoms with van der Waals surface area (Å²) in [5, 5.41) is 11.5. The molecule has 0 saturated carbocycles. The van der Waals surface area contributed by atoms with Crippen LogP contribution in [0.15, 0.2) is 42.5 Å². The highest BCUT2D eigenvalue weighted by atomic mass is 16.5. The highest BCUT2D eigenvalue weighted by molar-refractivity contribution is 6.04. The quantitative estimate of drug-likeness (QED) is 0.542. The molecule has 1 aliphatic heterocycles. The topological polar surface area (TPSA) is 108 Å². The Morgan fingerprint density at radius 3 is 2.57 bits per heavy atom. The van der Waals surface area contributed by atoms with Gasteiger partial charge in [0.05, 0.1) is 24.2 Å². The van der Waals surface area contributed by atoms with Crippen LogP contribution in [-0.2, 0) is 11.3 Å². The van der Waals surface area contributed by atoms with Crippen molar-refractivity contribution >= 4 is 23.0 Å². The van der Waals surface area contributed by atoms with Gasteiger partial charge in [-0.25, -0.2) is 9.78 Å². The number of imidazole rings is 1. The summed E-state index contributed by atoms with van der Waals surface area (Å²) in [5.41, 5.74) is 3.43. The molecule has 1 saturated heterocycles. The number of rotatable bonds is 6. The molecule has 158 valence electrons. The zero-order valence-electron chi connectivity index (χ0n) is 17.3. The average Bonchev–Trinajstić information content (AvgIpc) is 3.29. The molecule has 0 spiro atoms. The second kappa shape index (κ2) is 9.41. The molecule has 8 heteroatoms. The summed E-state index contributed by atoms with van der Waals surface area (Å²) in [4.78, 5) is 33.9. The Hall–Kier alpha value is -3.39. The summed E-state index contributed by atoms with van der Waals surface area (Å²) < 4.78 is 5.31. The van der Waals surface area contributed by atoms with Crippen molar-refractivity contribution in [2.75, 3.05) is 13.2 Å². The third-order valence-electron chi connectivity index (χ3n) is 4.59. The standard InChI is InChI=1S/C20H20N4O4.C2H6/c1-12-2-7-15-16(10-12)22-17(21-15)11-24-19(26)18(23-20(24)27)13-3-5-14(6-4-13)28-9-8-25;1-2/h2-7,10,18,25H,8-9,11H2,1H3,(H,21,22)(H,23,27);1-2H3/t18-;/m1./s1. The number of aliphatic hydroxyl groups excluding tert-OH is 1. The Kier molecular flexibility index (Phi) is 6.68. The molecule has 8 nitrogen and oxygen atoms in total. The number of carbonyl (C=O) groups is 2. The number of aromatic nitrogens is 2. The Balaban J connectivity index is 0.00000124. The molecule has 1 fully saturated rings. The van der Waals surface area contributed by atoms with Crippen molar-refractivity contribution in [3.63, 3.8) is 0 Å². The van der Waals surface area contributed by atoms with Gasteiger partial charge in [0.2, 0.25) is 0 Å². The van der Waals surface area contributed by atoms with Gasteiger partial charge >= 0.3 is 6.03 Å². The van der Waals surface area contributed by atoms with Crippen molar-refractivity contribution in [2.24, 2.45) is 0 Å². The Bertz CT molecular complexity index is 1030. The number of aryl methyl sites for hydroxylation is 1. The fourth-order valence-electron chi connectivity index (χ4n) is 3.22. The first kappa shape index (κ1) is 21.3. The van der Waals surface area contributed by atoms with Crippen LogP contribution in [0.4, 0.5) is 4.79 Å². The van der Waals surface area contributed by atoms with E-state index in [0.29, 0.717) is 17.1 Å². The zero-order chi connectivity index (χ0) is 21.7.